The van der Waals surface area contributed by atoms with E-state index in [1.165, 1.54) is 17.7 Å². The van der Waals surface area contributed by atoms with Crippen LogP contribution in [0.2, 0.25) is 0 Å². The van der Waals surface area contributed by atoms with Crippen LogP contribution in [0.25, 0.3) is 17.1 Å². The Balaban J connectivity index is 2.26. The van der Waals surface area contributed by atoms with E-state index in [4.69, 9.17) is 10.5 Å². The number of rotatable bonds is 5. The van der Waals surface area contributed by atoms with E-state index < -0.39 is 11.7 Å². The Hall–Kier alpha value is -3.42. The van der Waals surface area contributed by atoms with Crippen molar-refractivity contribution in [1.29, 1.82) is 0 Å². The number of carbonyl (C=O) groups is 1. The molecule has 0 aliphatic rings. The highest BCUT2D eigenvalue weighted by Gasteiger charge is 2.23. The number of primary amides is 1. The van der Waals surface area contributed by atoms with Crippen LogP contribution in [0.4, 0.5) is 4.39 Å². The van der Waals surface area contributed by atoms with Gasteiger partial charge in [0.1, 0.15) is 17.3 Å². The van der Waals surface area contributed by atoms with Gasteiger partial charge in [-0.3, -0.25) is 9.36 Å². The van der Waals surface area contributed by atoms with Crippen molar-refractivity contribution in [3.63, 3.8) is 0 Å². The number of phenolic OH excluding ortho intramolecular Hbond substituents is 1. The normalized spacial score (nSPS) is 11.0. The number of phenols is 1. The van der Waals surface area contributed by atoms with Gasteiger partial charge in [0.15, 0.2) is 5.82 Å². The van der Waals surface area contributed by atoms with E-state index in [2.05, 4.69) is 10.2 Å². The van der Waals surface area contributed by atoms with Crippen LogP contribution in [-0.4, -0.2) is 32.9 Å². The zero-order chi connectivity index (χ0) is 19.7. The van der Waals surface area contributed by atoms with Gasteiger partial charge in [0.25, 0.3) is 5.91 Å². The first-order valence-corrected chi connectivity index (χ1v) is 8.26. The van der Waals surface area contributed by atoms with Gasteiger partial charge in [-0.15, -0.1) is 10.2 Å². The lowest BCUT2D eigenvalue weighted by Crippen LogP contribution is -2.17. The minimum Gasteiger partial charge on any atom is -0.507 e. The lowest BCUT2D eigenvalue weighted by atomic mass is 9.99. The van der Waals surface area contributed by atoms with Gasteiger partial charge in [-0.2, -0.15) is 0 Å². The molecular weight excluding hydrogens is 351 g/mol. The molecule has 1 aromatic heterocycles. The van der Waals surface area contributed by atoms with E-state index >= 15 is 0 Å². The second-order valence-electron chi connectivity index (χ2n) is 6.29. The average molecular weight is 370 g/mol. The molecule has 2 aromatic carbocycles. The van der Waals surface area contributed by atoms with Crippen molar-refractivity contribution >= 4 is 5.91 Å². The predicted molar refractivity (Wildman–Crippen MR) is 97.6 cm³/mol. The molecule has 1 heterocycles. The Morgan fingerprint density at radius 3 is 2.44 bits per heavy atom. The van der Waals surface area contributed by atoms with E-state index in [9.17, 15) is 14.3 Å². The molecule has 0 spiro atoms. The molecule has 8 heteroatoms. The number of nitrogens with zero attached hydrogens (tertiary/aromatic N) is 3. The van der Waals surface area contributed by atoms with Gasteiger partial charge in [0.05, 0.1) is 12.7 Å². The summed E-state index contributed by atoms with van der Waals surface area (Å²) < 4.78 is 20.7. The Kier molecular flexibility index (Phi) is 4.81. The van der Waals surface area contributed by atoms with Gasteiger partial charge in [0, 0.05) is 11.8 Å². The van der Waals surface area contributed by atoms with Crippen LogP contribution in [0.1, 0.15) is 35.9 Å². The first-order valence-electron chi connectivity index (χ1n) is 8.26. The Labute approximate surface area is 155 Å². The van der Waals surface area contributed by atoms with Gasteiger partial charge >= 0.3 is 0 Å². The van der Waals surface area contributed by atoms with E-state index in [-0.39, 0.29) is 28.9 Å². The van der Waals surface area contributed by atoms with Gasteiger partial charge in [-0.25, -0.2) is 4.39 Å². The number of ether oxygens (including phenoxy) is 1. The SMILES string of the molecule is COc1ccc(-n2c(C(N)=O)nnc2-c2cc(C(C)C)c(F)cc2O)cc1. The summed E-state index contributed by atoms with van der Waals surface area (Å²) in [6, 6.07) is 9.33. The number of amides is 1. The highest BCUT2D eigenvalue weighted by atomic mass is 19.1. The monoisotopic (exact) mass is 370 g/mol. The molecule has 0 fully saturated rings. The van der Waals surface area contributed by atoms with Crippen LogP contribution in [0.15, 0.2) is 36.4 Å². The summed E-state index contributed by atoms with van der Waals surface area (Å²) in [5.41, 5.74) is 6.63. The van der Waals surface area contributed by atoms with Gasteiger partial charge in [-0.05, 0) is 41.8 Å². The van der Waals surface area contributed by atoms with Crippen molar-refractivity contribution in [2.45, 2.75) is 19.8 Å². The largest absolute Gasteiger partial charge is 0.507 e. The number of carbonyl (C=O) groups excluding carboxylic acids is 1. The van der Waals surface area contributed by atoms with Crippen molar-refractivity contribution in [3.8, 4) is 28.6 Å². The number of nitrogens with two attached hydrogens (primary N) is 1. The molecule has 140 valence electrons. The van der Waals surface area contributed by atoms with E-state index in [1.807, 2.05) is 13.8 Å². The molecule has 0 radical (unpaired) electrons. The van der Waals surface area contributed by atoms with Crippen molar-refractivity contribution in [3.05, 3.63) is 53.6 Å². The van der Waals surface area contributed by atoms with Crippen molar-refractivity contribution in [1.82, 2.24) is 14.8 Å². The Bertz CT molecular complexity index is 997. The third kappa shape index (κ3) is 3.33. The van der Waals surface area contributed by atoms with Gasteiger partial charge < -0.3 is 15.6 Å². The lowest BCUT2D eigenvalue weighted by molar-refractivity contribution is 0.0988. The maximum absolute atomic E-state index is 14.1. The van der Waals surface area contributed by atoms with Crippen molar-refractivity contribution < 1.29 is 19.0 Å². The highest BCUT2D eigenvalue weighted by Crippen LogP contribution is 2.35. The zero-order valence-corrected chi connectivity index (χ0v) is 15.1. The first kappa shape index (κ1) is 18.4. The number of hydrogen-bond acceptors (Lipinski definition) is 5. The zero-order valence-electron chi connectivity index (χ0n) is 15.1. The maximum atomic E-state index is 14.1. The summed E-state index contributed by atoms with van der Waals surface area (Å²) in [6.07, 6.45) is 0. The summed E-state index contributed by atoms with van der Waals surface area (Å²) in [6.45, 7) is 3.67. The van der Waals surface area contributed by atoms with Crippen molar-refractivity contribution in [2.75, 3.05) is 7.11 Å². The standard InChI is InChI=1S/C19H19FN4O3/c1-10(2)13-8-14(16(25)9-15(13)20)18-22-23-19(17(21)26)24(18)11-4-6-12(27-3)7-5-11/h4-10,25H,1-3H3,(H2,21,26). The minimum absolute atomic E-state index is 0.106. The number of aromatic nitrogens is 3. The Morgan fingerprint density at radius 1 is 1.22 bits per heavy atom. The highest BCUT2D eigenvalue weighted by molar-refractivity contribution is 5.90. The minimum atomic E-state index is -0.782. The molecule has 3 aromatic rings. The maximum Gasteiger partial charge on any atom is 0.287 e. The van der Waals surface area contributed by atoms with E-state index in [0.29, 0.717) is 17.0 Å². The number of methoxy groups -OCH3 is 1. The number of aromatic hydroxyl groups is 1. The lowest BCUT2D eigenvalue weighted by Gasteiger charge is -2.14. The molecule has 0 saturated carbocycles. The Morgan fingerprint density at radius 2 is 1.89 bits per heavy atom. The topological polar surface area (TPSA) is 103 Å². The summed E-state index contributed by atoms with van der Waals surface area (Å²) in [5.74, 6) is -1.03. The number of benzene rings is 2. The predicted octanol–water partition coefficient (Wildman–Crippen LogP) is 3.01. The smallest absolute Gasteiger partial charge is 0.287 e. The average Bonchev–Trinajstić information content (AvgIpc) is 3.06. The third-order valence-corrected chi connectivity index (χ3v) is 4.19. The molecule has 0 aliphatic heterocycles. The van der Waals surface area contributed by atoms with Crippen LogP contribution in [-0.2, 0) is 0 Å². The fourth-order valence-corrected chi connectivity index (χ4v) is 2.80. The van der Waals surface area contributed by atoms with Crippen molar-refractivity contribution in [2.24, 2.45) is 5.73 Å². The first-order chi connectivity index (χ1) is 12.8. The fourth-order valence-electron chi connectivity index (χ4n) is 2.80. The van der Waals surface area contributed by atoms with Crippen LogP contribution >= 0.6 is 0 Å². The fraction of sp³-hybridized carbons (Fsp3) is 0.211. The summed E-state index contributed by atoms with van der Waals surface area (Å²) in [4.78, 5) is 11.8. The number of halogens is 1. The molecule has 1 amide bonds. The molecule has 0 unspecified atom stereocenters. The molecule has 0 saturated heterocycles. The van der Waals surface area contributed by atoms with E-state index in [1.54, 1.807) is 24.3 Å². The van der Waals surface area contributed by atoms with Crippen LogP contribution in [0.5, 0.6) is 11.5 Å². The summed E-state index contributed by atoms with van der Waals surface area (Å²) >= 11 is 0. The molecule has 0 aliphatic carbocycles. The van der Waals surface area contributed by atoms with Crippen LogP contribution in [0, 0.1) is 5.82 Å². The molecule has 7 nitrogen and oxygen atoms in total. The van der Waals surface area contributed by atoms with Crippen LogP contribution in [0.3, 0.4) is 0 Å². The summed E-state index contributed by atoms with van der Waals surface area (Å²) in [7, 11) is 1.54. The summed E-state index contributed by atoms with van der Waals surface area (Å²) in [5, 5.41) is 18.2. The molecular formula is C19H19FN4O3. The van der Waals surface area contributed by atoms with Gasteiger partial charge in [0.2, 0.25) is 5.82 Å². The molecule has 3 rings (SSSR count). The third-order valence-electron chi connectivity index (χ3n) is 4.19. The van der Waals surface area contributed by atoms with Gasteiger partial charge in [-0.1, -0.05) is 13.8 Å². The molecule has 0 bridgehead atoms. The number of hydrogen-bond donors (Lipinski definition) is 2. The second-order valence-corrected chi connectivity index (χ2v) is 6.29. The van der Waals surface area contributed by atoms with E-state index in [0.717, 1.165) is 6.07 Å². The quantitative estimate of drug-likeness (QED) is 0.719. The second kappa shape index (κ2) is 7.06. The molecule has 0 atom stereocenters. The molecule has 27 heavy (non-hydrogen) atoms. The van der Waals surface area contributed by atoms with Crippen LogP contribution < -0.4 is 10.5 Å². The molecule has 3 N–H and O–H groups in total.